The van der Waals surface area contributed by atoms with Gasteiger partial charge in [-0.1, -0.05) is 45.1 Å². The number of hydrogen-bond acceptors (Lipinski definition) is 2. The Balaban J connectivity index is 0.000000189. The van der Waals surface area contributed by atoms with Crippen LogP contribution in [0.3, 0.4) is 0 Å². The fraction of sp³-hybridized carbons (Fsp3) is 0.189. The molecular weight excluding hydrogens is 772 g/mol. The van der Waals surface area contributed by atoms with Crippen molar-refractivity contribution in [1.82, 2.24) is 9.97 Å². The summed E-state index contributed by atoms with van der Waals surface area (Å²) >= 11 is 0.350. The Morgan fingerprint density at radius 2 is 1.33 bits per heavy atom. The molecule has 0 aliphatic heterocycles. The Labute approximate surface area is 271 Å². The van der Waals surface area contributed by atoms with Gasteiger partial charge in [-0.25, -0.2) is 0 Å². The predicted octanol–water partition coefficient (Wildman–Crippen LogP) is 8.72. The molecule has 3 aromatic heterocycles. The molecule has 3 aromatic carbocycles. The minimum atomic E-state index is -1.34. The first-order chi connectivity index (χ1) is 19.8. The average molecular weight is 808 g/mol. The molecule has 0 saturated carbocycles. The van der Waals surface area contributed by atoms with Gasteiger partial charge in [0.15, 0.2) is 0 Å². The van der Waals surface area contributed by atoms with Crippen LogP contribution in [-0.4, -0.2) is 32.5 Å². The van der Waals surface area contributed by atoms with Crippen molar-refractivity contribution in [2.45, 2.75) is 39.9 Å². The SMILES string of the molecule is CC(C)Cc1cc(-c2[c-]cccc2)ncc1[Si](C)(C)C.[Ir].[c-]1ccccc1-c1cc2[se]c(-c3ccccc3)cc2cn1. The Morgan fingerprint density at radius 3 is 1.90 bits per heavy atom. The number of pyridine rings is 2. The quantitative estimate of drug-likeness (QED) is 0.124. The fourth-order valence-electron chi connectivity index (χ4n) is 4.86. The maximum atomic E-state index is 4.69. The summed E-state index contributed by atoms with van der Waals surface area (Å²) in [5, 5.41) is 2.75. The van der Waals surface area contributed by atoms with Gasteiger partial charge in [-0.15, -0.1) is 35.9 Å². The molecule has 0 spiro atoms. The van der Waals surface area contributed by atoms with E-state index in [0.717, 1.165) is 28.9 Å². The topological polar surface area (TPSA) is 25.8 Å². The summed E-state index contributed by atoms with van der Waals surface area (Å²) < 4.78 is 2.83. The van der Waals surface area contributed by atoms with Crippen LogP contribution in [0.25, 0.3) is 42.2 Å². The molecule has 0 fully saturated rings. The molecule has 0 aliphatic rings. The zero-order valence-electron chi connectivity index (χ0n) is 24.8. The number of aromatic nitrogens is 2. The molecule has 6 rings (SSSR count). The molecule has 0 unspecified atom stereocenters. The Kier molecular flexibility index (Phi) is 11.1. The zero-order valence-corrected chi connectivity index (χ0v) is 29.9. The standard InChI is InChI=1S/C19H12NSe.C18H24NSi.Ir/c1-3-7-14(8-4-1)17-12-19-16(13-20-17)11-18(21-19)15-9-5-2-6-10-15;1-14(2)11-16-12-17(15-9-7-6-8-10-15)19-13-18(16)20(3,4)5;/h1-7,9-13H;6-9,12-14H,11H2,1-5H3;/q2*-1;. The van der Waals surface area contributed by atoms with E-state index in [1.54, 1.807) is 0 Å². The monoisotopic (exact) mass is 809 g/mol. The summed E-state index contributed by atoms with van der Waals surface area (Å²) in [4.78, 5) is 9.27. The first kappa shape index (κ1) is 32.0. The fourth-order valence-corrected chi connectivity index (χ4v) is 8.71. The molecule has 42 heavy (non-hydrogen) atoms. The summed E-state index contributed by atoms with van der Waals surface area (Å²) in [6.45, 7) is 11.7. The van der Waals surface area contributed by atoms with Gasteiger partial charge in [0.1, 0.15) is 0 Å². The van der Waals surface area contributed by atoms with Crippen molar-refractivity contribution in [1.29, 1.82) is 0 Å². The third-order valence-corrected chi connectivity index (χ3v) is 11.3. The molecule has 0 N–H and O–H groups in total. The van der Waals surface area contributed by atoms with Crippen LogP contribution in [-0.2, 0) is 26.5 Å². The minimum absolute atomic E-state index is 0. The molecule has 0 saturated heterocycles. The molecular formula is C37H36IrN2SeSi-2. The molecule has 5 heteroatoms. The van der Waals surface area contributed by atoms with Gasteiger partial charge in [0.25, 0.3) is 0 Å². The first-order valence-electron chi connectivity index (χ1n) is 14.2. The van der Waals surface area contributed by atoms with Gasteiger partial charge >= 0.3 is 129 Å². The second-order valence-corrected chi connectivity index (χ2v) is 19.0. The van der Waals surface area contributed by atoms with E-state index in [-0.39, 0.29) is 20.1 Å². The molecule has 1 radical (unpaired) electrons. The van der Waals surface area contributed by atoms with Crippen molar-refractivity contribution < 1.29 is 20.1 Å². The van der Waals surface area contributed by atoms with Crippen LogP contribution in [0.2, 0.25) is 19.6 Å². The van der Waals surface area contributed by atoms with Crippen molar-refractivity contribution in [2.75, 3.05) is 0 Å². The maximum absolute atomic E-state index is 4.69. The van der Waals surface area contributed by atoms with Crippen LogP contribution in [0.5, 0.6) is 0 Å². The van der Waals surface area contributed by atoms with Gasteiger partial charge < -0.3 is 4.98 Å². The van der Waals surface area contributed by atoms with Crippen molar-refractivity contribution in [3.8, 4) is 32.5 Å². The third kappa shape index (κ3) is 8.13. The van der Waals surface area contributed by atoms with E-state index in [2.05, 4.69) is 122 Å². The molecule has 215 valence electrons. The Morgan fingerprint density at radius 1 is 0.738 bits per heavy atom. The van der Waals surface area contributed by atoms with E-state index < -0.39 is 8.07 Å². The summed E-state index contributed by atoms with van der Waals surface area (Å²) in [6.07, 6.45) is 5.23. The van der Waals surface area contributed by atoms with Crippen molar-refractivity contribution in [3.63, 3.8) is 0 Å². The summed E-state index contributed by atoms with van der Waals surface area (Å²) in [5.74, 6) is 0.667. The van der Waals surface area contributed by atoms with Crippen LogP contribution >= 0.6 is 0 Å². The van der Waals surface area contributed by atoms with E-state index in [9.17, 15) is 0 Å². The Hall–Kier alpha value is -2.91. The van der Waals surface area contributed by atoms with Crippen molar-refractivity contribution >= 4 is 37.4 Å². The predicted molar refractivity (Wildman–Crippen MR) is 178 cm³/mol. The number of hydrogen-bond donors (Lipinski definition) is 0. The van der Waals surface area contributed by atoms with Gasteiger partial charge in [0.05, 0.1) is 8.07 Å². The molecule has 0 atom stereocenters. The number of fused-ring (bicyclic) bond motifs is 1. The molecule has 0 bridgehead atoms. The molecule has 2 nitrogen and oxygen atoms in total. The summed E-state index contributed by atoms with van der Waals surface area (Å²) in [7, 11) is -1.34. The van der Waals surface area contributed by atoms with Crippen LogP contribution in [0.1, 0.15) is 19.4 Å². The number of benzene rings is 3. The molecule has 3 heterocycles. The van der Waals surface area contributed by atoms with E-state index in [1.807, 2.05) is 42.6 Å². The molecule has 0 aliphatic carbocycles. The van der Waals surface area contributed by atoms with Crippen LogP contribution in [0.4, 0.5) is 0 Å². The summed E-state index contributed by atoms with van der Waals surface area (Å²) in [5.41, 5.74) is 6.99. The van der Waals surface area contributed by atoms with E-state index >= 15 is 0 Å². The van der Waals surface area contributed by atoms with Gasteiger partial charge in [-0.05, 0) is 23.2 Å². The van der Waals surface area contributed by atoms with Gasteiger partial charge in [-0.2, -0.15) is 0 Å². The van der Waals surface area contributed by atoms with E-state index in [1.165, 1.54) is 30.4 Å². The molecule has 0 amide bonds. The van der Waals surface area contributed by atoms with Crippen molar-refractivity contribution in [2.24, 2.45) is 5.92 Å². The van der Waals surface area contributed by atoms with Crippen LogP contribution in [0, 0.1) is 18.1 Å². The number of nitrogens with zero attached hydrogens (tertiary/aromatic N) is 2. The van der Waals surface area contributed by atoms with Gasteiger partial charge in [0.2, 0.25) is 0 Å². The van der Waals surface area contributed by atoms with Crippen LogP contribution < -0.4 is 5.19 Å². The normalized spacial score (nSPS) is 11.1. The van der Waals surface area contributed by atoms with E-state index in [4.69, 9.17) is 0 Å². The molecule has 6 aromatic rings. The zero-order chi connectivity index (χ0) is 28.8. The van der Waals surface area contributed by atoms with Crippen molar-refractivity contribution in [3.05, 3.63) is 127 Å². The third-order valence-electron chi connectivity index (χ3n) is 6.86. The van der Waals surface area contributed by atoms with Gasteiger partial charge in [-0.3, -0.25) is 0 Å². The van der Waals surface area contributed by atoms with Crippen LogP contribution in [0.15, 0.2) is 109 Å². The Bertz CT molecular complexity index is 1670. The first-order valence-corrected chi connectivity index (χ1v) is 19.4. The average Bonchev–Trinajstić information content (AvgIpc) is 3.42. The second-order valence-electron chi connectivity index (χ2n) is 11.7. The number of rotatable bonds is 6. The summed E-state index contributed by atoms with van der Waals surface area (Å²) in [6, 6.07) is 40.0. The van der Waals surface area contributed by atoms with Gasteiger partial charge in [0, 0.05) is 26.3 Å². The second kappa shape index (κ2) is 14.5. The van der Waals surface area contributed by atoms with E-state index in [0.29, 0.717) is 20.4 Å².